The maximum atomic E-state index is 13.2. The summed E-state index contributed by atoms with van der Waals surface area (Å²) in [6, 6.07) is 17.9. The van der Waals surface area contributed by atoms with Crippen molar-refractivity contribution in [2.24, 2.45) is 11.8 Å². The van der Waals surface area contributed by atoms with Crippen molar-refractivity contribution in [3.63, 3.8) is 0 Å². The van der Waals surface area contributed by atoms with Crippen LogP contribution in [0.15, 0.2) is 73.4 Å². The quantitative estimate of drug-likeness (QED) is 0.419. The Bertz CT molecular complexity index is 1100. The molecule has 0 spiro atoms. The molecule has 0 amide bonds. The number of carbonyl (C=O) groups is 1. The second kappa shape index (κ2) is 8.27. The van der Waals surface area contributed by atoms with Crippen molar-refractivity contribution in [3.05, 3.63) is 90.1 Å². The minimum absolute atomic E-state index is 0.162. The maximum absolute atomic E-state index is 13.2. The van der Waals surface area contributed by atoms with Crippen LogP contribution in [-0.2, 0) is 4.74 Å². The Labute approximate surface area is 183 Å². The first-order chi connectivity index (χ1) is 15.1. The molecule has 0 aliphatic carbocycles. The van der Waals surface area contributed by atoms with E-state index >= 15 is 0 Å². The predicted octanol–water partition coefficient (Wildman–Crippen LogP) is 5.34. The summed E-state index contributed by atoms with van der Waals surface area (Å²) in [5, 5.41) is 1.05. The number of para-hydroxylation sites is 1. The molecule has 0 saturated carbocycles. The van der Waals surface area contributed by atoms with Crippen LogP contribution in [0.3, 0.4) is 0 Å². The molecule has 0 radical (unpaired) electrons. The molecule has 158 valence electrons. The molecule has 3 aliphatic rings. The second-order valence-electron chi connectivity index (χ2n) is 8.86. The van der Waals surface area contributed by atoms with E-state index in [1.807, 2.05) is 61.7 Å². The fraction of sp³-hybridized carbons (Fsp3) is 0.333. The summed E-state index contributed by atoms with van der Waals surface area (Å²) < 4.78 is 6.30. The van der Waals surface area contributed by atoms with Gasteiger partial charge in [-0.3, -0.25) is 9.88 Å². The van der Waals surface area contributed by atoms with Crippen LogP contribution in [0, 0.1) is 18.8 Å². The smallest absolute Gasteiger partial charge is 0.338 e. The molecule has 31 heavy (non-hydrogen) atoms. The number of carbonyl (C=O) groups excluding carboxylic acids is 1. The summed E-state index contributed by atoms with van der Waals surface area (Å²) in [5.74, 6) is 0.850. The monoisotopic (exact) mass is 412 g/mol. The summed E-state index contributed by atoms with van der Waals surface area (Å²) in [6.07, 6.45) is 5.78. The number of piperidine rings is 3. The van der Waals surface area contributed by atoms with Crippen LogP contribution >= 0.6 is 0 Å². The number of rotatable bonds is 5. The molecule has 2 bridgehead atoms. The fourth-order valence-electron chi connectivity index (χ4n) is 5.28. The number of nitrogens with zero attached hydrogens (tertiary/aromatic N) is 2. The molecule has 0 N–H and O–H groups in total. The second-order valence-corrected chi connectivity index (χ2v) is 8.86. The van der Waals surface area contributed by atoms with Crippen LogP contribution in [0.1, 0.15) is 40.4 Å². The lowest BCUT2D eigenvalue weighted by molar-refractivity contribution is -0.0568. The first-order valence-corrected chi connectivity index (χ1v) is 11.1. The van der Waals surface area contributed by atoms with Crippen LogP contribution in [0.25, 0.3) is 10.9 Å². The minimum atomic E-state index is -0.338. The molecule has 4 heteroatoms. The first-order valence-electron chi connectivity index (χ1n) is 11.1. The highest BCUT2D eigenvalue weighted by molar-refractivity contribution is 5.90. The van der Waals surface area contributed by atoms with E-state index in [1.165, 1.54) is 6.42 Å². The Morgan fingerprint density at radius 1 is 1.19 bits per heavy atom. The largest absolute Gasteiger partial charge is 0.452 e. The van der Waals surface area contributed by atoms with Crippen molar-refractivity contribution in [1.82, 2.24) is 9.88 Å². The van der Waals surface area contributed by atoms with Gasteiger partial charge in [0, 0.05) is 23.7 Å². The van der Waals surface area contributed by atoms with Crippen LogP contribution in [0.5, 0.6) is 0 Å². The van der Waals surface area contributed by atoms with Crippen molar-refractivity contribution in [1.29, 1.82) is 0 Å². The molecule has 4 nitrogen and oxygen atoms in total. The van der Waals surface area contributed by atoms with Crippen molar-refractivity contribution in [2.45, 2.75) is 31.9 Å². The lowest BCUT2D eigenvalue weighted by Crippen LogP contribution is -2.55. The van der Waals surface area contributed by atoms with E-state index in [1.54, 1.807) is 0 Å². The highest BCUT2D eigenvalue weighted by atomic mass is 16.5. The Hall–Kier alpha value is -2.98. The number of benzene rings is 2. The van der Waals surface area contributed by atoms with Gasteiger partial charge in [0.25, 0.3) is 0 Å². The molecule has 6 rings (SSSR count). The number of aromatic nitrogens is 1. The number of aryl methyl sites for hydroxylation is 1. The van der Waals surface area contributed by atoms with Gasteiger partial charge < -0.3 is 4.74 Å². The van der Waals surface area contributed by atoms with E-state index in [-0.39, 0.29) is 18.1 Å². The summed E-state index contributed by atoms with van der Waals surface area (Å²) in [4.78, 5) is 20.2. The molecule has 3 fully saturated rings. The Morgan fingerprint density at radius 3 is 2.74 bits per heavy atom. The highest BCUT2D eigenvalue weighted by Crippen LogP contribution is 2.43. The van der Waals surface area contributed by atoms with E-state index in [4.69, 9.17) is 4.74 Å². The third-order valence-corrected chi connectivity index (χ3v) is 7.01. The van der Waals surface area contributed by atoms with Gasteiger partial charge in [0.2, 0.25) is 0 Å². The molecule has 4 heterocycles. The van der Waals surface area contributed by atoms with Gasteiger partial charge in [-0.25, -0.2) is 4.79 Å². The van der Waals surface area contributed by atoms with Gasteiger partial charge in [-0.15, -0.1) is 6.58 Å². The number of hydrogen-bond acceptors (Lipinski definition) is 4. The molecule has 3 aromatic rings. The maximum Gasteiger partial charge on any atom is 0.338 e. The van der Waals surface area contributed by atoms with Crippen molar-refractivity contribution in [2.75, 3.05) is 13.1 Å². The molecular formula is C27H28N2O2. The zero-order valence-electron chi connectivity index (χ0n) is 17.9. The van der Waals surface area contributed by atoms with Gasteiger partial charge in [0.15, 0.2) is 0 Å². The number of fused-ring (bicyclic) bond motifs is 4. The summed E-state index contributed by atoms with van der Waals surface area (Å²) in [5.41, 5.74) is 3.68. The Morgan fingerprint density at radius 2 is 2.00 bits per heavy atom. The zero-order valence-corrected chi connectivity index (χ0v) is 17.9. The molecular weight excluding hydrogens is 384 g/mol. The molecule has 1 aromatic heterocycles. The average molecular weight is 413 g/mol. The normalized spacial score (nSPS) is 25.8. The summed E-state index contributed by atoms with van der Waals surface area (Å²) >= 11 is 0. The average Bonchev–Trinajstić information content (AvgIpc) is 2.82. The number of pyridine rings is 1. The fourth-order valence-corrected chi connectivity index (χ4v) is 5.28. The van der Waals surface area contributed by atoms with E-state index < -0.39 is 0 Å². The highest BCUT2D eigenvalue weighted by Gasteiger charge is 2.44. The topological polar surface area (TPSA) is 42.4 Å². The van der Waals surface area contributed by atoms with Crippen LogP contribution < -0.4 is 0 Å². The molecule has 3 saturated heterocycles. The summed E-state index contributed by atoms with van der Waals surface area (Å²) in [7, 11) is 0. The minimum Gasteiger partial charge on any atom is -0.452 e. The van der Waals surface area contributed by atoms with Crippen LogP contribution in [0.2, 0.25) is 0 Å². The van der Waals surface area contributed by atoms with Gasteiger partial charge in [0.1, 0.15) is 6.10 Å². The van der Waals surface area contributed by atoms with Crippen molar-refractivity contribution >= 4 is 16.9 Å². The number of ether oxygens (including phenoxy) is 1. The molecule has 4 unspecified atom stereocenters. The Balaban J connectivity index is 1.53. The van der Waals surface area contributed by atoms with Gasteiger partial charge >= 0.3 is 5.97 Å². The Kier molecular flexibility index (Phi) is 5.33. The van der Waals surface area contributed by atoms with E-state index in [0.29, 0.717) is 17.4 Å². The summed E-state index contributed by atoms with van der Waals surface area (Å²) in [6.45, 7) is 8.09. The van der Waals surface area contributed by atoms with E-state index in [9.17, 15) is 4.79 Å². The first kappa shape index (κ1) is 20.0. The number of hydrogen-bond donors (Lipinski definition) is 0. The standard InChI is InChI=1S/C27H28N2O2/c1-3-19-17-29-15-13-21(19)16-25(29)26(31-27(30)20-10-8-18(2)9-11-20)23-12-14-28-24-7-5-4-6-22(23)24/h3-12,14,19,21,25-26H,1,13,15-17H2,2H3/t19?,21-,25?,26?/m0/s1. The predicted molar refractivity (Wildman–Crippen MR) is 123 cm³/mol. The van der Waals surface area contributed by atoms with Crippen LogP contribution in [0.4, 0.5) is 0 Å². The zero-order chi connectivity index (χ0) is 21.4. The lowest BCUT2D eigenvalue weighted by atomic mass is 9.73. The molecule has 3 aliphatic heterocycles. The lowest BCUT2D eigenvalue weighted by Gasteiger charge is -2.51. The third-order valence-electron chi connectivity index (χ3n) is 7.01. The van der Waals surface area contributed by atoms with Crippen LogP contribution in [-0.4, -0.2) is 35.0 Å². The van der Waals surface area contributed by atoms with E-state index in [0.717, 1.165) is 41.5 Å². The van der Waals surface area contributed by atoms with Gasteiger partial charge in [-0.05, 0) is 62.4 Å². The van der Waals surface area contributed by atoms with Gasteiger partial charge in [-0.2, -0.15) is 0 Å². The number of esters is 1. The molecule has 5 atom stereocenters. The van der Waals surface area contributed by atoms with Gasteiger partial charge in [-0.1, -0.05) is 42.0 Å². The van der Waals surface area contributed by atoms with Gasteiger partial charge in [0.05, 0.1) is 17.1 Å². The molecule has 2 aromatic carbocycles. The van der Waals surface area contributed by atoms with Crippen molar-refractivity contribution in [3.8, 4) is 0 Å². The SMILES string of the molecule is C=CC1CN2CC[C@H]1CC2C(OC(=O)c1ccc(C)cc1)c1ccnc2ccccc12. The van der Waals surface area contributed by atoms with Crippen molar-refractivity contribution < 1.29 is 9.53 Å². The van der Waals surface area contributed by atoms with E-state index in [2.05, 4.69) is 28.6 Å². The third kappa shape index (κ3) is 3.77.